The average molecular weight is 288 g/mol. The standard InChI is InChI=1S/C15H16N2O4/c1-2-21-12-7-5-11(6-8-12)16-15(20)13-4-3-9-17(13)10-14(18)19/h3-9H,2,10H2,1H3,(H,16,20)(H,18,19). The van der Waals surface area contributed by atoms with Crippen LogP contribution in [0.25, 0.3) is 0 Å². The van der Waals surface area contributed by atoms with E-state index in [1.54, 1.807) is 42.6 Å². The Hall–Kier alpha value is -2.76. The van der Waals surface area contributed by atoms with Crippen molar-refractivity contribution in [1.29, 1.82) is 0 Å². The molecule has 21 heavy (non-hydrogen) atoms. The molecule has 1 amide bonds. The summed E-state index contributed by atoms with van der Waals surface area (Å²) in [6.07, 6.45) is 1.56. The first-order chi connectivity index (χ1) is 10.1. The van der Waals surface area contributed by atoms with Gasteiger partial charge in [-0.05, 0) is 43.3 Å². The monoisotopic (exact) mass is 288 g/mol. The minimum atomic E-state index is -0.999. The predicted octanol–water partition coefficient (Wildman–Crippen LogP) is 2.22. The van der Waals surface area contributed by atoms with Crippen molar-refractivity contribution in [2.24, 2.45) is 0 Å². The van der Waals surface area contributed by atoms with E-state index >= 15 is 0 Å². The third kappa shape index (κ3) is 3.85. The van der Waals surface area contributed by atoms with Gasteiger partial charge in [0.25, 0.3) is 5.91 Å². The Balaban J connectivity index is 2.07. The number of amides is 1. The van der Waals surface area contributed by atoms with Crippen molar-refractivity contribution >= 4 is 17.6 Å². The molecule has 0 fully saturated rings. The quantitative estimate of drug-likeness (QED) is 0.854. The van der Waals surface area contributed by atoms with Crippen LogP contribution in [0, 0.1) is 0 Å². The molecule has 0 radical (unpaired) electrons. The van der Waals surface area contributed by atoms with E-state index < -0.39 is 5.97 Å². The van der Waals surface area contributed by atoms with Crippen LogP contribution in [0.5, 0.6) is 5.75 Å². The Morgan fingerprint density at radius 3 is 2.57 bits per heavy atom. The summed E-state index contributed by atoms with van der Waals surface area (Å²) in [5.74, 6) is -0.628. The first-order valence-electron chi connectivity index (χ1n) is 6.51. The van der Waals surface area contributed by atoms with Gasteiger partial charge in [-0.3, -0.25) is 9.59 Å². The summed E-state index contributed by atoms with van der Waals surface area (Å²) in [7, 11) is 0. The summed E-state index contributed by atoms with van der Waals surface area (Å²) >= 11 is 0. The molecule has 0 aliphatic heterocycles. The lowest BCUT2D eigenvalue weighted by Gasteiger charge is -2.09. The van der Waals surface area contributed by atoms with Crippen LogP contribution in [0.4, 0.5) is 5.69 Å². The molecule has 0 unspecified atom stereocenters. The molecule has 110 valence electrons. The molecule has 0 saturated heterocycles. The molecule has 0 bridgehead atoms. The SMILES string of the molecule is CCOc1ccc(NC(=O)c2cccn2CC(=O)O)cc1. The van der Waals surface area contributed by atoms with Gasteiger partial charge in [-0.25, -0.2) is 0 Å². The van der Waals surface area contributed by atoms with Gasteiger partial charge >= 0.3 is 5.97 Å². The highest BCUT2D eigenvalue weighted by Crippen LogP contribution is 2.16. The van der Waals surface area contributed by atoms with Crippen LogP contribution in [-0.2, 0) is 11.3 Å². The van der Waals surface area contributed by atoms with Crippen LogP contribution >= 0.6 is 0 Å². The number of anilines is 1. The number of aromatic nitrogens is 1. The van der Waals surface area contributed by atoms with Crippen LogP contribution in [0.1, 0.15) is 17.4 Å². The molecule has 1 heterocycles. The van der Waals surface area contributed by atoms with Crippen molar-refractivity contribution in [2.75, 3.05) is 11.9 Å². The maximum absolute atomic E-state index is 12.1. The van der Waals surface area contributed by atoms with Gasteiger partial charge in [-0.15, -0.1) is 0 Å². The van der Waals surface area contributed by atoms with Crippen molar-refractivity contribution < 1.29 is 19.4 Å². The molecule has 6 nitrogen and oxygen atoms in total. The Morgan fingerprint density at radius 2 is 1.95 bits per heavy atom. The molecule has 0 aliphatic carbocycles. The molecule has 0 atom stereocenters. The van der Waals surface area contributed by atoms with Gasteiger partial charge in [0.05, 0.1) is 6.61 Å². The van der Waals surface area contributed by atoms with Gasteiger partial charge in [0.15, 0.2) is 0 Å². The van der Waals surface area contributed by atoms with Crippen LogP contribution in [0.15, 0.2) is 42.6 Å². The van der Waals surface area contributed by atoms with Gasteiger partial charge in [0.1, 0.15) is 18.0 Å². The predicted molar refractivity (Wildman–Crippen MR) is 77.6 cm³/mol. The summed E-state index contributed by atoms with van der Waals surface area (Å²) in [4.78, 5) is 22.9. The third-order valence-corrected chi connectivity index (χ3v) is 2.79. The topological polar surface area (TPSA) is 80.6 Å². The van der Waals surface area contributed by atoms with Crippen molar-refractivity contribution in [1.82, 2.24) is 4.57 Å². The van der Waals surface area contributed by atoms with E-state index in [2.05, 4.69) is 5.32 Å². The summed E-state index contributed by atoms with van der Waals surface area (Å²) in [5.41, 5.74) is 0.915. The number of carboxylic acid groups (broad SMARTS) is 1. The van der Waals surface area contributed by atoms with Crippen LogP contribution in [0.2, 0.25) is 0 Å². The zero-order valence-corrected chi connectivity index (χ0v) is 11.6. The first kappa shape index (κ1) is 14.6. The fourth-order valence-electron chi connectivity index (χ4n) is 1.90. The van der Waals surface area contributed by atoms with Crippen molar-refractivity contribution in [3.8, 4) is 5.75 Å². The third-order valence-electron chi connectivity index (χ3n) is 2.79. The van der Waals surface area contributed by atoms with Gasteiger partial charge in [-0.2, -0.15) is 0 Å². The van der Waals surface area contributed by atoms with Crippen LogP contribution in [-0.4, -0.2) is 28.2 Å². The number of rotatable bonds is 6. The first-order valence-corrected chi connectivity index (χ1v) is 6.51. The molecule has 0 aliphatic rings. The number of carboxylic acids is 1. The Bertz CT molecular complexity index is 631. The van der Waals surface area contributed by atoms with Gasteiger partial charge in [0.2, 0.25) is 0 Å². The molecule has 1 aromatic carbocycles. The number of benzene rings is 1. The van der Waals surface area contributed by atoms with Crippen molar-refractivity contribution in [3.63, 3.8) is 0 Å². The van der Waals surface area contributed by atoms with E-state index in [0.29, 0.717) is 18.0 Å². The molecule has 2 N–H and O–H groups in total. The Kier molecular flexibility index (Phi) is 4.61. The van der Waals surface area contributed by atoms with E-state index in [9.17, 15) is 9.59 Å². The fourth-order valence-corrected chi connectivity index (χ4v) is 1.90. The van der Waals surface area contributed by atoms with E-state index in [1.807, 2.05) is 6.92 Å². The van der Waals surface area contributed by atoms with Gasteiger partial charge in [0, 0.05) is 11.9 Å². The molecular formula is C15H16N2O4. The second-order valence-corrected chi connectivity index (χ2v) is 4.33. The molecule has 0 spiro atoms. The lowest BCUT2D eigenvalue weighted by atomic mass is 10.3. The maximum atomic E-state index is 12.1. The lowest BCUT2D eigenvalue weighted by Crippen LogP contribution is -2.19. The second kappa shape index (κ2) is 6.60. The molecule has 2 rings (SSSR count). The Labute approximate surface area is 122 Å². The van der Waals surface area contributed by atoms with Crippen LogP contribution < -0.4 is 10.1 Å². The summed E-state index contributed by atoms with van der Waals surface area (Å²) in [5, 5.41) is 11.5. The largest absolute Gasteiger partial charge is 0.494 e. The second-order valence-electron chi connectivity index (χ2n) is 4.33. The number of nitrogens with zero attached hydrogens (tertiary/aromatic N) is 1. The average Bonchev–Trinajstić information content (AvgIpc) is 2.88. The zero-order chi connectivity index (χ0) is 15.2. The smallest absolute Gasteiger partial charge is 0.323 e. The number of hydrogen-bond donors (Lipinski definition) is 2. The summed E-state index contributed by atoms with van der Waals surface area (Å²) in [6.45, 7) is 2.22. The number of nitrogens with one attached hydrogen (secondary N) is 1. The summed E-state index contributed by atoms with van der Waals surface area (Å²) in [6, 6.07) is 10.2. The zero-order valence-electron chi connectivity index (χ0n) is 11.6. The van der Waals surface area contributed by atoms with E-state index in [4.69, 9.17) is 9.84 Å². The van der Waals surface area contributed by atoms with E-state index in [1.165, 1.54) is 4.57 Å². The molecule has 0 saturated carbocycles. The van der Waals surface area contributed by atoms with E-state index in [-0.39, 0.29) is 12.5 Å². The highest BCUT2D eigenvalue weighted by molar-refractivity contribution is 6.03. The van der Waals surface area contributed by atoms with E-state index in [0.717, 1.165) is 5.75 Å². The molecular weight excluding hydrogens is 272 g/mol. The van der Waals surface area contributed by atoms with Crippen molar-refractivity contribution in [3.05, 3.63) is 48.3 Å². The van der Waals surface area contributed by atoms with Gasteiger partial charge in [-0.1, -0.05) is 0 Å². The highest BCUT2D eigenvalue weighted by Gasteiger charge is 2.12. The fraction of sp³-hybridized carbons (Fsp3) is 0.200. The van der Waals surface area contributed by atoms with Crippen molar-refractivity contribution in [2.45, 2.75) is 13.5 Å². The number of aliphatic carboxylic acids is 1. The highest BCUT2D eigenvalue weighted by atomic mass is 16.5. The molecule has 6 heteroatoms. The minimum absolute atomic E-state index is 0.251. The number of carbonyl (C=O) groups excluding carboxylic acids is 1. The molecule has 2 aromatic rings. The minimum Gasteiger partial charge on any atom is -0.494 e. The maximum Gasteiger partial charge on any atom is 0.323 e. The molecule has 1 aromatic heterocycles. The van der Waals surface area contributed by atoms with Crippen LogP contribution in [0.3, 0.4) is 0 Å². The summed E-state index contributed by atoms with van der Waals surface area (Å²) < 4.78 is 6.70. The Morgan fingerprint density at radius 1 is 1.24 bits per heavy atom. The normalized spacial score (nSPS) is 10.1. The number of hydrogen-bond acceptors (Lipinski definition) is 3. The number of ether oxygens (including phenoxy) is 1. The lowest BCUT2D eigenvalue weighted by molar-refractivity contribution is -0.137. The number of carbonyl (C=O) groups is 2. The van der Waals surface area contributed by atoms with Gasteiger partial charge < -0.3 is 19.7 Å².